The zero-order chi connectivity index (χ0) is 19.1. The van der Waals surface area contributed by atoms with Crippen molar-refractivity contribution < 1.29 is 24.1 Å². The number of carbonyl (C=O) groups is 1. The minimum absolute atomic E-state index is 0.0607. The molecule has 0 unspecified atom stereocenters. The van der Waals surface area contributed by atoms with Crippen molar-refractivity contribution in [3.05, 3.63) is 59.4 Å². The fourth-order valence-corrected chi connectivity index (χ4v) is 2.23. The highest BCUT2D eigenvalue weighted by atomic mass is 16.5. The normalized spacial score (nSPS) is 10.0. The molecule has 0 aliphatic carbocycles. The number of rotatable bonds is 7. The van der Waals surface area contributed by atoms with E-state index in [2.05, 4.69) is 5.32 Å². The van der Waals surface area contributed by atoms with Crippen LogP contribution in [0.1, 0.15) is 29.8 Å². The van der Waals surface area contributed by atoms with E-state index in [1.165, 1.54) is 13.2 Å². The second-order valence-electron chi connectivity index (χ2n) is 5.86. The van der Waals surface area contributed by atoms with Crippen molar-refractivity contribution in [2.24, 2.45) is 0 Å². The van der Waals surface area contributed by atoms with Crippen molar-refractivity contribution in [1.82, 2.24) is 5.32 Å². The first kappa shape index (κ1) is 19.2. The van der Waals surface area contributed by atoms with Gasteiger partial charge in [-0.05, 0) is 37.1 Å². The van der Waals surface area contributed by atoms with Crippen LogP contribution < -0.4 is 19.5 Å². The van der Waals surface area contributed by atoms with Gasteiger partial charge in [-0.1, -0.05) is 12.1 Å². The second kappa shape index (κ2) is 8.80. The molecule has 0 heterocycles. The van der Waals surface area contributed by atoms with Gasteiger partial charge in [-0.25, -0.2) is 0 Å². The van der Waals surface area contributed by atoms with Gasteiger partial charge in [0, 0.05) is 18.7 Å². The number of ether oxygens (including phenoxy) is 3. The molecular formula is C20H23NO5. The van der Waals surface area contributed by atoms with Gasteiger partial charge in [0.2, 0.25) is 0 Å². The largest absolute Gasteiger partial charge is 0.507 e. The van der Waals surface area contributed by atoms with Gasteiger partial charge in [-0.2, -0.15) is 0 Å². The molecule has 2 aromatic carbocycles. The molecule has 2 rings (SSSR count). The lowest BCUT2D eigenvalue weighted by Crippen LogP contribution is -2.23. The molecule has 0 saturated heterocycles. The van der Waals surface area contributed by atoms with E-state index >= 15 is 0 Å². The van der Waals surface area contributed by atoms with E-state index in [1.54, 1.807) is 19.4 Å². The van der Waals surface area contributed by atoms with Crippen LogP contribution in [0.15, 0.2) is 48.2 Å². The Bertz CT molecular complexity index is 793. The average molecular weight is 357 g/mol. The first-order valence-corrected chi connectivity index (χ1v) is 8.06. The number of allylic oxidation sites excluding steroid dienone is 1. The third-order valence-electron chi connectivity index (χ3n) is 3.54. The van der Waals surface area contributed by atoms with Crippen LogP contribution in [-0.2, 0) is 6.54 Å². The van der Waals surface area contributed by atoms with Gasteiger partial charge >= 0.3 is 0 Å². The van der Waals surface area contributed by atoms with Crippen LogP contribution in [0.5, 0.6) is 23.0 Å². The van der Waals surface area contributed by atoms with Gasteiger partial charge in [0.25, 0.3) is 5.91 Å². The maximum Gasteiger partial charge on any atom is 0.259 e. The highest BCUT2D eigenvalue weighted by Crippen LogP contribution is 2.33. The molecule has 0 aliphatic rings. The molecule has 0 atom stereocenters. The van der Waals surface area contributed by atoms with Crippen LogP contribution in [-0.4, -0.2) is 25.2 Å². The number of carbonyl (C=O) groups excluding carboxylic acids is 1. The number of phenolic OH excluding ortho intramolecular Hbond substituents is 1. The van der Waals surface area contributed by atoms with Crippen molar-refractivity contribution in [3.63, 3.8) is 0 Å². The predicted molar refractivity (Wildman–Crippen MR) is 98.9 cm³/mol. The van der Waals surface area contributed by atoms with Crippen molar-refractivity contribution in [3.8, 4) is 23.0 Å². The Kier molecular flexibility index (Phi) is 6.49. The van der Waals surface area contributed by atoms with Crippen LogP contribution in [0.4, 0.5) is 0 Å². The molecule has 0 spiro atoms. The number of nitrogens with one attached hydrogen (secondary N) is 1. The first-order valence-electron chi connectivity index (χ1n) is 8.06. The molecule has 1 amide bonds. The molecule has 0 aliphatic heterocycles. The number of hydrogen-bond donors (Lipinski definition) is 2. The Morgan fingerprint density at radius 3 is 2.35 bits per heavy atom. The van der Waals surface area contributed by atoms with E-state index < -0.39 is 5.91 Å². The molecule has 26 heavy (non-hydrogen) atoms. The molecule has 0 radical (unpaired) electrons. The zero-order valence-electron chi connectivity index (χ0n) is 15.3. The fourth-order valence-electron chi connectivity index (χ4n) is 2.23. The number of benzene rings is 2. The molecule has 2 aromatic rings. The lowest BCUT2D eigenvalue weighted by atomic mass is 10.1. The topological polar surface area (TPSA) is 77.0 Å². The van der Waals surface area contributed by atoms with Gasteiger partial charge in [-0.3, -0.25) is 4.79 Å². The van der Waals surface area contributed by atoms with Crippen LogP contribution in [0.2, 0.25) is 0 Å². The van der Waals surface area contributed by atoms with E-state index in [4.69, 9.17) is 14.2 Å². The SMILES string of the molecule is COc1ccc(CNC(=O)c2c(O)cc(OC=C(C)C)cc2OC)cc1. The highest BCUT2D eigenvalue weighted by molar-refractivity contribution is 5.99. The van der Waals surface area contributed by atoms with E-state index in [0.717, 1.165) is 16.9 Å². The van der Waals surface area contributed by atoms with Crippen molar-refractivity contribution in [2.75, 3.05) is 14.2 Å². The van der Waals surface area contributed by atoms with Gasteiger partial charge in [0.05, 0.1) is 20.5 Å². The summed E-state index contributed by atoms with van der Waals surface area (Å²) in [5, 5.41) is 13.0. The summed E-state index contributed by atoms with van der Waals surface area (Å²) < 4.78 is 15.8. The van der Waals surface area contributed by atoms with Gasteiger partial charge in [0.1, 0.15) is 28.6 Å². The Hall–Kier alpha value is -3.15. The average Bonchev–Trinajstić information content (AvgIpc) is 2.64. The van der Waals surface area contributed by atoms with Gasteiger partial charge in [-0.15, -0.1) is 0 Å². The molecule has 6 heteroatoms. The summed E-state index contributed by atoms with van der Waals surface area (Å²) in [6.07, 6.45) is 1.55. The second-order valence-corrected chi connectivity index (χ2v) is 5.86. The summed E-state index contributed by atoms with van der Waals surface area (Å²) in [6.45, 7) is 4.08. The summed E-state index contributed by atoms with van der Waals surface area (Å²) in [5.74, 6) is 0.700. The van der Waals surface area contributed by atoms with Gasteiger partial charge < -0.3 is 24.6 Å². The quantitative estimate of drug-likeness (QED) is 0.740. The minimum Gasteiger partial charge on any atom is -0.507 e. The lowest BCUT2D eigenvalue weighted by molar-refractivity contribution is 0.0945. The summed E-state index contributed by atoms with van der Waals surface area (Å²) in [5.41, 5.74) is 1.93. The summed E-state index contributed by atoms with van der Waals surface area (Å²) >= 11 is 0. The number of aromatic hydroxyl groups is 1. The van der Waals surface area contributed by atoms with E-state index in [1.807, 2.05) is 38.1 Å². The standard InChI is InChI=1S/C20H23NO5/c1-13(2)12-26-16-9-17(22)19(18(10-16)25-4)20(23)21-11-14-5-7-15(24-3)8-6-14/h5-10,12,22H,11H2,1-4H3,(H,21,23). The van der Waals surface area contributed by atoms with Gasteiger partial charge in [0.15, 0.2) is 0 Å². The van der Waals surface area contributed by atoms with Crippen molar-refractivity contribution in [1.29, 1.82) is 0 Å². The van der Waals surface area contributed by atoms with E-state index in [0.29, 0.717) is 12.3 Å². The van der Waals surface area contributed by atoms with Crippen molar-refractivity contribution in [2.45, 2.75) is 20.4 Å². The van der Waals surface area contributed by atoms with Crippen molar-refractivity contribution >= 4 is 5.91 Å². The van der Waals surface area contributed by atoms with E-state index in [-0.39, 0.29) is 17.1 Å². The van der Waals surface area contributed by atoms with Crippen LogP contribution >= 0.6 is 0 Å². The number of hydrogen-bond acceptors (Lipinski definition) is 5. The first-order chi connectivity index (χ1) is 12.4. The molecule has 0 bridgehead atoms. The Balaban J connectivity index is 2.15. The maximum absolute atomic E-state index is 12.5. The monoisotopic (exact) mass is 357 g/mol. The van der Waals surface area contributed by atoms with Crippen LogP contribution in [0, 0.1) is 0 Å². The summed E-state index contributed by atoms with van der Waals surface area (Å²) in [7, 11) is 3.02. The number of methoxy groups -OCH3 is 2. The Labute approximate surface area is 153 Å². The molecule has 0 fully saturated rings. The molecule has 2 N–H and O–H groups in total. The zero-order valence-corrected chi connectivity index (χ0v) is 15.3. The molecule has 138 valence electrons. The predicted octanol–water partition coefficient (Wildman–Crippen LogP) is 3.64. The maximum atomic E-state index is 12.5. The summed E-state index contributed by atoms with van der Waals surface area (Å²) in [4.78, 5) is 12.5. The third kappa shape index (κ3) is 4.92. The molecular weight excluding hydrogens is 334 g/mol. The molecule has 0 saturated carbocycles. The van der Waals surface area contributed by atoms with Crippen LogP contribution in [0.25, 0.3) is 0 Å². The number of amides is 1. The van der Waals surface area contributed by atoms with E-state index in [9.17, 15) is 9.90 Å². The number of phenols is 1. The highest BCUT2D eigenvalue weighted by Gasteiger charge is 2.19. The Morgan fingerprint density at radius 1 is 1.08 bits per heavy atom. The molecule has 6 nitrogen and oxygen atoms in total. The fraction of sp³-hybridized carbons (Fsp3) is 0.250. The minimum atomic E-state index is -0.441. The van der Waals surface area contributed by atoms with Crippen LogP contribution in [0.3, 0.4) is 0 Å². The smallest absolute Gasteiger partial charge is 0.259 e. The molecule has 0 aromatic heterocycles. The lowest BCUT2D eigenvalue weighted by Gasteiger charge is -2.13. The third-order valence-corrected chi connectivity index (χ3v) is 3.54. The summed E-state index contributed by atoms with van der Waals surface area (Å²) in [6, 6.07) is 10.3. The Morgan fingerprint density at radius 2 is 1.77 bits per heavy atom.